The molecule has 1 unspecified atom stereocenters. The summed E-state index contributed by atoms with van der Waals surface area (Å²) in [6.07, 6.45) is -1.04. The molecule has 32 heavy (non-hydrogen) atoms. The Bertz CT molecular complexity index is 1070. The molecule has 0 saturated carbocycles. The van der Waals surface area contributed by atoms with Gasteiger partial charge in [0, 0.05) is 11.1 Å². The lowest BCUT2D eigenvalue weighted by molar-refractivity contribution is -0.149. The molecule has 8 heteroatoms. The zero-order valence-electron chi connectivity index (χ0n) is 17.7. The number of carbonyl (C=O) groups is 1. The summed E-state index contributed by atoms with van der Waals surface area (Å²) >= 11 is 0. The number of esters is 1. The second-order valence-electron chi connectivity index (χ2n) is 6.58. The number of hydrogen-bond donors (Lipinski definition) is 2. The molecule has 8 nitrogen and oxygen atoms in total. The van der Waals surface area contributed by atoms with Gasteiger partial charge >= 0.3 is 5.97 Å². The first-order valence-electron chi connectivity index (χ1n) is 9.87. The van der Waals surface area contributed by atoms with E-state index in [2.05, 4.69) is 5.16 Å². The molecule has 3 rings (SSSR count). The first-order valence-corrected chi connectivity index (χ1v) is 9.87. The first kappa shape index (κ1) is 22.5. The van der Waals surface area contributed by atoms with Crippen molar-refractivity contribution in [1.29, 1.82) is 0 Å². The lowest BCUT2D eigenvalue weighted by atomic mass is 10.1. The zero-order valence-corrected chi connectivity index (χ0v) is 17.7. The van der Waals surface area contributed by atoms with Gasteiger partial charge in [0.1, 0.15) is 11.5 Å². The van der Waals surface area contributed by atoms with Crippen LogP contribution >= 0.6 is 0 Å². The minimum atomic E-state index is -1.04. The van der Waals surface area contributed by atoms with Gasteiger partial charge in [0.25, 0.3) is 0 Å². The molecule has 166 valence electrons. The number of amidine groups is 1. The second kappa shape index (κ2) is 10.7. The fourth-order valence-corrected chi connectivity index (χ4v) is 2.91. The molecule has 0 radical (unpaired) electrons. The molecular formula is C24H24N2O6. The summed E-state index contributed by atoms with van der Waals surface area (Å²) in [7, 11) is 1.29. The molecule has 0 heterocycles. The van der Waals surface area contributed by atoms with Crippen molar-refractivity contribution in [2.24, 2.45) is 10.9 Å². The van der Waals surface area contributed by atoms with Gasteiger partial charge in [0.2, 0.25) is 6.10 Å². The molecule has 0 aliphatic carbocycles. The van der Waals surface area contributed by atoms with Crippen LogP contribution in [0.15, 0.2) is 78.0 Å². The summed E-state index contributed by atoms with van der Waals surface area (Å²) in [6.45, 7) is 2.27. The van der Waals surface area contributed by atoms with E-state index in [0.717, 1.165) is 0 Å². The number of para-hydroxylation sites is 1. The van der Waals surface area contributed by atoms with Crippen molar-refractivity contribution in [3.63, 3.8) is 0 Å². The highest BCUT2D eigenvalue weighted by molar-refractivity contribution is 5.97. The van der Waals surface area contributed by atoms with Gasteiger partial charge in [-0.2, -0.15) is 0 Å². The molecule has 0 bridgehead atoms. The number of hydrogen-bond acceptors (Lipinski definition) is 7. The summed E-state index contributed by atoms with van der Waals surface area (Å²) in [5, 5.41) is 11.7. The van der Waals surface area contributed by atoms with Crippen molar-refractivity contribution in [2.75, 3.05) is 13.7 Å². The Morgan fingerprint density at radius 3 is 2.34 bits per heavy atom. The van der Waals surface area contributed by atoms with Crippen LogP contribution in [0.1, 0.15) is 24.2 Å². The second-order valence-corrected chi connectivity index (χ2v) is 6.58. The summed E-state index contributed by atoms with van der Waals surface area (Å²) in [5.74, 6) is 1.42. The Hall–Kier alpha value is -4.20. The van der Waals surface area contributed by atoms with Gasteiger partial charge in [-0.1, -0.05) is 29.4 Å². The third-order valence-corrected chi connectivity index (χ3v) is 4.47. The maximum absolute atomic E-state index is 12.5. The number of oxime groups is 1. The molecule has 3 aromatic rings. The highest BCUT2D eigenvalue weighted by Crippen LogP contribution is 2.35. The van der Waals surface area contributed by atoms with Gasteiger partial charge in [-0.25, -0.2) is 4.79 Å². The van der Waals surface area contributed by atoms with Crippen molar-refractivity contribution in [2.45, 2.75) is 13.0 Å². The van der Waals surface area contributed by atoms with Crippen LogP contribution in [0.25, 0.3) is 0 Å². The minimum absolute atomic E-state index is 0.0311. The number of ether oxygens (including phenoxy) is 4. The standard InChI is InChI=1S/C24H24N2O6/c1-3-30-21-15-17(11-14-20(21)31-18-7-5-4-6-8-18)22(24(27)29-2)32-19-12-9-16(10-13-19)23(25)26-28/h4-15,22,28H,3H2,1-2H3,(H2,25,26). The van der Waals surface area contributed by atoms with E-state index in [9.17, 15) is 4.79 Å². The lowest BCUT2D eigenvalue weighted by Crippen LogP contribution is -2.20. The highest BCUT2D eigenvalue weighted by Gasteiger charge is 2.25. The number of nitrogens with zero attached hydrogens (tertiary/aromatic N) is 1. The van der Waals surface area contributed by atoms with Crippen LogP contribution in [0.2, 0.25) is 0 Å². The number of nitrogens with two attached hydrogens (primary N) is 1. The van der Waals surface area contributed by atoms with E-state index in [-0.39, 0.29) is 5.84 Å². The molecule has 3 aromatic carbocycles. The van der Waals surface area contributed by atoms with Crippen LogP contribution in [-0.2, 0) is 9.53 Å². The molecular weight excluding hydrogens is 412 g/mol. The summed E-state index contributed by atoms with van der Waals surface area (Å²) in [4.78, 5) is 12.5. The molecule has 0 fully saturated rings. The SMILES string of the molecule is CCOc1cc(C(Oc2ccc(/C(N)=N/O)cc2)C(=O)OC)ccc1Oc1ccccc1. The van der Waals surface area contributed by atoms with Gasteiger partial charge < -0.3 is 29.9 Å². The van der Waals surface area contributed by atoms with E-state index < -0.39 is 12.1 Å². The summed E-state index contributed by atoms with van der Waals surface area (Å²) < 4.78 is 22.5. The normalized spacial score (nSPS) is 12.0. The van der Waals surface area contributed by atoms with E-state index in [1.54, 1.807) is 42.5 Å². The van der Waals surface area contributed by atoms with Crippen molar-refractivity contribution >= 4 is 11.8 Å². The van der Waals surface area contributed by atoms with Crippen LogP contribution < -0.4 is 19.9 Å². The molecule has 1 atom stereocenters. The Morgan fingerprint density at radius 2 is 1.72 bits per heavy atom. The average molecular weight is 436 g/mol. The van der Waals surface area contributed by atoms with E-state index in [0.29, 0.717) is 40.7 Å². The molecule has 0 saturated heterocycles. The molecule has 0 aromatic heterocycles. The van der Waals surface area contributed by atoms with Crippen molar-refractivity contribution in [3.05, 3.63) is 83.9 Å². The molecule has 0 aliphatic rings. The minimum Gasteiger partial charge on any atom is -0.490 e. The highest BCUT2D eigenvalue weighted by atomic mass is 16.6. The Balaban J connectivity index is 1.89. The van der Waals surface area contributed by atoms with Crippen molar-refractivity contribution in [1.82, 2.24) is 0 Å². The van der Waals surface area contributed by atoms with Gasteiger partial charge in [0.05, 0.1) is 13.7 Å². The van der Waals surface area contributed by atoms with Crippen molar-refractivity contribution in [3.8, 4) is 23.0 Å². The monoisotopic (exact) mass is 436 g/mol. The Morgan fingerprint density at radius 1 is 1.00 bits per heavy atom. The summed E-state index contributed by atoms with van der Waals surface area (Å²) in [6, 6.07) is 20.9. The van der Waals surface area contributed by atoms with E-state index in [4.69, 9.17) is 29.9 Å². The van der Waals surface area contributed by atoms with Crippen LogP contribution in [0.5, 0.6) is 23.0 Å². The van der Waals surface area contributed by atoms with E-state index in [1.807, 2.05) is 37.3 Å². The van der Waals surface area contributed by atoms with E-state index >= 15 is 0 Å². The molecule has 3 N–H and O–H groups in total. The van der Waals surface area contributed by atoms with Crippen LogP contribution in [0.3, 0.4) is 0 Å². The van der Waals surface area contributed by atoms with Crippen LogP contribution in [0.4, 0.5) is 0 Å². The Labute approximate surface area is 185 Å². The van der Waals surface area contributed by atoms with Gasteiger partial charge in [-0.05, 0) is 55.5 Å². The van der Waals surface area contributed by atoms with Crippen LogP contribution in [0, 0.1) is 0 Å². The molecule has 0 amide bonds. The maximum Gasteiger partial charge on any atom is 0.351 e. The number of rotatable bonds is 9. The predicted molar refractivity (Wildman–Crippen MR) is 118 cm³/mol. The topological polar surface area (TPSA) is 113 Å². The van der Waals surface area contributed by atoms with Crippen LogP contribution in [-0.4, -0.2) is 30.7 Å². The fourth-order valence-electron chi connectivity index (χ4n) is 2.91. The molecule has 0 aliphatic heterocycles. The maximum atomic E-state index is 12.5. The predicted octanol–water partition coefficient (Wildman–Crippen LogP) is 4.27. The molecule has 0 spiro atoms. The number of methoxy groups -OCH3 is 1. The van der Waals surface area contributed by atoms with E-state index in [1.165, 1.54) is 7.11 Å². The summed E-state index contributed by atoms with van der Waals surface area (Å²) in [5.41, 5.74) is 6.62. The first-order chi connectivity index (χ1) is 15.5. The average Bonchev–Trinajstić information content (AvgIpc) is 2.84. The van der Waals surface area contributed by atoms with Gasteiger partial charge in [0.15, 0.2) is 17.3 Å². The number of benzene rings is 3. The third kappa shape index (κ3) is 5.48. The third-order valence-electron chi connectivity index (χ3n) is 4.47. The van der Waals surface area contributed by atoms with Gasteiger partial charge in [-0.3, -0.25) is 0 Å². The lowest BCUT2D eigenvalue weighted by Gasteiger charge is -2.19. The zero-order chi connectivity index (χ0) is 22.9. The largest absolute Gasteiger partial charge is 0.490 e. The van der Waals surface area contributed by atoms with Crippen molar-refractivity contribution < 1.29 is 28.9 Å². The Kier molecular flexibility index (Phi) is 7.53. The quantitative estimate of drug-likeness (QED) is 0.169. The van der Waals surface area contributed by atoms with Gasteiger partial charge in [-0.15, -0.1) is 0 Å². The fraction of sp³-hybridized carbons (Fsp3) is 0.167. The smallest absolute Gasteiger partial charge is 0.351 e. The number of carbonyl (C=O) groups excluding carboxylic acids is 1.